The van der Waals surface area contributed by atoms with Gasteiger partial charge in [0.25, 0.3) is 0 Å². The van der Waals surface area contributed by atoms with E-state index >= 15 is 0 Å². The summed E-state index contributed by atoms with van der Waals surface area (Å²) in [5.41, 5.74) is 2.83. The van der Waals surface area contributed by atoms with Crippen LogP contribution in [0.15, 0.2) is 18.2 Å². The topological polar surface area (TPSA) is 69.6 Å². The Morgan fingerprint density at radius 1 is 1.30 bits per heavy atom. The van der Waals surface area contributed by atoms with Gasteiger partial charge in [-0.2, -0.15) is 0 Å². The van der Waals surface area contributed by atoms with E-state index in [2.05, 4.69) is 5.32 Å². The van der Waals surface area contributed by atoms with Gasteiger partial charge in [-0.25, -0.2) is 4.79 Å². The number of carboxylic acid groups (broad SMARTS) is 1. The van der Waals surface area contributed by atoms with E-state index < -0.39 is 5.97 Å². The first-order valence-corrected chi connectivity index (χ1v) is 6.84. The molecule has 0 spiro atoms. The fraction of sp³-hybridized carbons (Fsp3) is 0.467. The van der Waals surface area contributed by atoms with Crippen molar-refractivity contribution in [2.75, 3.05) is 11.9 Å². The quantitative estimate of drug-likeness (QED) is 0.868. The highest BCUT2D eigenvalue weighted by molar-refractivity contribution is 5.91. The van der Waals surface area contributed by atoms with Crippen molar-refractivity contribution in [2.45, 2.75) is 39.2 Å². The normalized spacial score (nSPS) is 13.9. The number of aliphatic carboxylic acids is 1. The number of para-hydroxylation sites is 1. The molecule has 0 heterocycles. The molecule has 1 fully saturated rings. The maximum absolute atomic E-state index is 12.3. The minimum Gasteiger partial charge on any atom is -0.481 e. The summed E-state index contributed by atoms with van der Waals surface area (Å²) in [7, 11) is 0. The Bertz CT molecular complexity index is 504. The molecule has 1 aromatic carbocycles. The molecule has 0 aliphatic heterocycles. The first-order chi connectivity index (χ1) is 9.49. The average Bonchev–Trinajstić information content (AvgIpc) is 3.18. The zero-order valence-corrected chi connectivity index (χ0v) is 11.8. The molecule has 5 heteroatoms. The third-order valence-corrected chi connectivity index (χ3v) is 3.53. The summed E-state index contributed by atoms with van der Waals surface area (Å²) in [5.74, 6) is -0.879. The Labute approximate surface area is 118 Å². The van der Waals surface area contributed by atoms with Gasteiger partial charge in [0.1, 0.15) is 0 Å². The van der Waals surface area contributed by atoms with E-state index in [0.29, 0.717) is 0 Å². The highest BCUT2D eigenvalue weighted by Crippen LogP contribution is 2.28. The zero-order chi connectivity index (χ0) is 14.7. The molecule has 20 heavy (non-hydrogen) atoms. The number of aryl methyl sites for hydroxylation is 2. The van der Waals surface area contributed by atoms with Crippen LogP contribution in [0.2, 0.25) is 0 Å². The number of hydrogen-bond acceptors (Lipinski definition) is 2. The summed E-state index contributed by atoms with van der Waals surface area (Å²) < 4.78 is 0. The van der Waals surface area contributed by atoms with Gasteiger partial charge in [-0.05, 0) is 37.8 Å². The van der Waals surface area contributed by atoms with Crippen LogP contribution in [0.25, 0.3) is 0 Å². The number of hydrogen-bond donors (Lipinski definition) is 2. The number of carboxylic acids is 1. The molecule has 0 aromatic heterocycles. The third-order valence-electron chi connectivity index (χ3n) is 3.53. The monoisotopic (exact) mass is 276 g/mol. The highest BCUT2D eigenvalue weighted by atomic mass is 16.4. The van der Waals surface area contributed by atoms with Crippen LogP contribution in [0.1, 0.15) is 30.4 Å². The predicted molar refractivity (Wildman–Crippen MR) is 76.9 cm³/mol. The molecule has 0 unspecified atom stereocenters. The smallest absolute Gasteiger partial charge is 0.322 e. The van der Waals surface area contributed by atoms with Crippen LogP contribution >= 0.6 is 0 Å². The lowest BCUT2D eigenvalue weighted by Crippen LogP contribution is -2.38. The molecule has 2 N–H and O–H groups in total. The number of amides is 2. The van der Waals surface area contributed by atoms with Gasteiger partial charge in [0.05, 0.1) is 6.42 Å². The van der Waals surface area contributed by atoms with Crippen molar-refractivity contribution >= 4 is 17.7 Å². The number of benzene rings is 1. The first-order valence-electron chi connectivity index (χ1n) is 6.84. The molecule has 2 amide bonds. The lowest BCUT2D eigenvalue weighted by Gasteiger charge is -2.23. The molecule has 1 aromatic rings. The van der Waals surface area contributed by atoms with Crippen molar-refractivity contribution in [2.24, 2.45) is 0 Å². The van der Waals surface area contributed by atoms with Crippen molar-refractivity contribution in [3.63, 3.8) is 0 Å². The van der Waals surface area contributed by atoms with E-state index in [9.17, 15) is 9.59 Å². The van der Waals surface area contributed by atoms with Gasteiger partial charge in [0.2, 0.25) is 0 Å². The van der Waals surface area contributed by atoms with Crippen LogP contribution in [0.4, 0.5) is 10.5 Å². The second-order valence-electron chi connectivity index (χ2n) is 5.27. The lowest BCUT2D eigenvalue weighted by molar-refractivity contribution is -0.137. The molecule has 0 bridgehead atoms. The Kier molecular flexibility index (Phi) is 4.27. The number of anilines is 1. The molecular weight excluding hydrogens is 256 g/mol. The summed E-state index contributed by atoms with van der Waals surface area (Å²) in [6.07, 6.45) is 1.90. The second-order valence-corrected chi connectivity index (χ2v) is 5.27. The standard InChI is InChI=1S/C15H20N2O3/c1-10-4-3-5-11(2)14(10)16-15(20)17(12-6-7-12)9-8-13(18)19/h3-5,12H,6-9H2,1-2H3,(H,16,20)(H,18,19). The Morgan fingerprint density at radius 3 is 2.40 bits per heavy atom. The molecule has 2 rings (SSSR count). The van der Waals surface area contributed by atoms with Crippen molar-refractivity contribution in [1.29, 1.82) is 0 Å². The molecular formula is C15H20N2O3. The Morgan fingerprint density at radius 2 is 1.90 bits per heavy atom. The predicted octanol–water partition coefficient (Wildman–Crippen LogP) is 2.77. The maximum Gasteiger partial charge on any atom is 0.322 e. The molecule has 0 saturated heterocycles. The third kappa shape index (κ3) is 3.50. The van der Waals surface area contributed by atoms with Gasteiger partial charge in [-0.1, -0.05) is 18.2 Å². The van der Waals surface area contributed by atoms with Crippen molar-refractivity contribution in [1.82, 2.24) is 4.90 Å². The molecule has 1 saturated carbocycles. The van der Waals surface area contributed by atoms with Gasteiger partial charge in [0, 0.05) is 18.3 Å². The van der Waals surface area contributed by atoms with Crippen LogP contribution in [-0.4, -0.2) is 34.6 Å². The summed E-state index contributed by atoms with van der Waals surface area (Å²) >= 11 is 0. The number of nitrogens with one attached hydrogen (secondary N) is 1. The second kappa shape index (κ2) is 5.94. The van der Waals surface area contributed by atoms with Gasteiger partial charge < -0.3 is 15.3 Å². The summed E-state index contributed by atoms with van der Waals surface area (Å²) in [6.45, 7) is 4.15. The summed E-state index contributed by atoms with van der Waals surface area (Å²) in [6, 6.07) is 5.83. The largest absolute Gasteiger partial charge is 0.481 e. The van der Waals surface area contributed by atoms with Gasteiger partial charge in [-0.3, -0.25) is 4.79 Å². The van der Waals surface area contributed by atoms with E-state index in [1.165, 1.54) is 0 Å². The minimum atomic E-state index is -0.879. The lowest BCUT2D eigenvalue weighted by atomic mass is 10.1. The van der Waals surface area contributed by atoms with E-state index in [1.807, 2.05) is 32.0 Å². The number of rotatable bonds is 5. The van der Waals surface area contributed by atoms with E-state index in [0.717, 1.165) is 29.7 Å². The number of nitrogens with zero attached hydrogens (tertiary/aromatic N) is 1. The summed E-state index contributed by atoms with van der Waals surface area (Å²) in [5, 5.41) is 11.7. The average molecular weight is 276 g/mol. The van der Waals surface area contributed by atoms with Crippen LogP contribution in [0, 0.1) is 13.8 Å². The van der Waals surface area contributed by atoms with Gasteiger partial charge in [-0.15, -0.1) is 0 Å². The Hall–Kier alpha value is -2.04. The number of carbonyl (C=O) groups excluding carboxylic acids is 1. The number of urea groups is 1. The van der Waals surface area contributed by atoms with Crippen LogP contribution in [-0.2, 0) is 4.79 Å². The van der Waals surface area contributed by atoms with Crippen molar-refractivity contribution in [3.05, 3.63) is 29.3 Å². The molecule has 5 nitrogen and oxygen atoms in total. The van der Waals surface area contributed by atoms with Gasteiger partial charge in [0.15, 0.2) is 0 Å². The molecule has 0 atom stereocenters. The highest BCUT2D eigenvalue weighted by Gasteiger charge is 2.32. The van der Waals surface area contributed by atoms with Crippen LogP contribution in [0.3, 0.4) is 0 Å². The van der Waals surface area contributed by atoms with E-state index in [4.69, 9.17) is 5.11 Å². The molecule has 0 radical (unpaired) electrons. The Balaban J connectivity index is 2.06. The van der Waals surface area contributed by atoms with Crippen molar-refractivity contribution < 1.29 is 14.7 Å². The molecule has 108 valence electrons. The van der Waals surface area contributed by atoms with Gasteiger partial charge >= 0.3 is 12.0 Å². The zero-order valence-electron chi connectivity index (χ0n) is 11.8. The van der Waals surface area contributed by atoms with E-state index in [-0.39, 0.29) is 25.0 Å². The molecule has 1 aliphatic carbocycles. The fourth-order valence-corrected chi connectivity index (χ4v) is 2.24. The van der Waals surface area contributed by atoms with Crippen molar-refractivity contribution in [3.8, 4) is 0 Å². The fourth-order valence-electron chi connectivity index (χ4n) is 2.24. The van der Waals surface area contributed by atoms with E-state index in [1.54, 1.807) is 4.90 Å². The SMILES string of the molecule is Cc1cccc(C)c1NC(=O)N(CCC(=O)O)C1CC1. The maximum atomic E-state index is 12.3. The summed E-state index contributed by atoms with van der Waals surface area (Å²) in [4.78, 5) is 24.6. The van der Waals surface area contributed by atoms with Crippen LogP contribution in [0.5, 0.6) is 0 Å². The minimum absolute atomic E-state index is 0.0172. The number of carbonyl (C=O) groups is 2. The first kappa shape index (κ1) is 14.4. The van der Waals surface area contributed by atoms with Crippen LogP contribution < -0.4 is 5.32 Å². The molecule has 1 aliphatic rings.